The molecule has 0 spiro atoms. The van der Waals surface area contributed by atoms with Crippen molar-refractivity contribution in [2.75, 3.05) is 25.6 Å². The third-order valence-electron chi connectivity index (χ3n) is 4.94. The summed E-state index contributed by atoms with van der Waals surface area (Å²) in [6.07, 6.45) is 0. The molecule has 2 heterocycles. The first-order valence-corrected chi connectivity index (χ1v) is 8.98. The van der Waals surface area contributed by atoms with E-state index < -0.39 is 5.69 Å². The van der Waals surface area contributed by atoms with Crippen molar-refractivity contribution in [1.29, 1.82) is 0 Å². The lowest BCUT2D eigenvalue weighted by atomic mass is 9.98. The van der Waals surface area contributed by atoms with Crippen molar-refractivity contribution >= 4 is 27.8 Å². The minimum atomic E-state index is -0.431. The van der Waals surface area contributed by atoms with Gasteiger partial charge in [-0.05, 0) is 16.3 Å². The Kier molecular flexibility index (Phi) is 4.52. The standard InChI is InChI=1S/C21H21N3O4/c1-23-19(25)17-16(15-10-6-8-13-7-4-5-9-14(13)15)18(22-11-12-27-3)28-20(17)24(2)21(23)26/h4-10,22H,11-12H2,1-3H3. The molecule has 7 nitrogen and oxygen atoms in total. The Morgan fingerprint density at radius 1 is 1.04 bits per heavy atom. The fourth-order valence-electron chi connectivity index (χ4n) is 3.51. The van der Waals surface area contributed by atoms with Gasteiger partial charge in [-0.25, -0.2) is 4.79 Å². The minimum absolute atomic E-state index is 0.246. The molecule has 0 radical (unpaired) electrons. The maximum atomic E-state index is 13.0. The summed E-state index contributed by atoms with van der Waals surface area (Å²) in [7, 11) is 4.69. The molecule has 4 aromatic rings. The van der Waals surface area contributed by atoms with Gasteiger partial charge in [0, 0.05) is 27.7 Å². The lowest BCUT2D eigenvalue weighted by molar-refractivity contribution is 0.210. The second kappa shape index (κ2) is 7.01. The molecule has 1 N–H and O–H groups in total. The lowest BCUT2D eigenvalue weighted by Crippen LogP contribution is -2.36. The van der Waals surface area contributed by atoms with Gasteiger partial charge < -0.3 is 14.5 Å². The number of hydrogen-bond donors (Lipinski definition) is 1. The first kappa shape index (κ1) is 18.1. The highest BCUT2D eigenvalue weighted by Crippen LogP contribution is 2.39. The van der Waals surface area contributed by atoms with Crippen LogP contribution in [0.3, 0.4) is 0 Å². The fraction of sp³-hybridized carbons (Fsp3) is 0.238. The summed E-state index contributed by atoms with van der Waals surface area (Å²) >= 11 is 0. The predicted octanol–water partition coefficient (Wildman–Crippen LogP) is 2.71. The Hall–Kier alpha value is -3.32. The van der Waals surface area contributed by atoms with Gasteiger partial charge in [-0.2, -0.15) is 0 Å². The molecule has 2 aromatic carbocycles. The van der Waals surface area contributed by atoms with Gasteiger partial charge in [-0.3, -0.25) is 13.9 Å². The van der Waals surface area contributed by atoms with Crippen LogP contribution in [0.2, 0.25) is 0 Å². The van der Waals surface area contributed by atoms with Gasteiger partial charge in [0.25, 0.3) is 5.56 Å². The molecule has 0 saturated heterocycles. The molecule has 0 bridgehead atoms. The third kappa shape index (κ3) is 2.71. The number of aromatic nitrogens is 2. The Morgan fingerprint density at radius 2 is 1.79 bits per heavy atom. The van der Waals surface area contributed by atoms with Gasteiger partial charge >= 0.3 is 5.69 Å². The molecule has 144 valence electrons. The molecule has 0 unspecified atom stereocenters. The zero-order valence-electron chi connectivity index (χ0n) is 16.0. The molecule has 7 heteroatoms. The van der Waals surface area contributed by atoms with E-state index in [1.807, 2.05) is 42.5 Å². The smallest absolute Gasteiger partial charge is 0.333 e. The van der Waals surface area contributed by atoms with E-state index in [0.29, 0.717) is 30.0 Å². The van der Waals surface area contributed by atoms with E-state index in [0.717, 1.165) is 20.9 Å². The molecule has 0 atom stereocenters. The number of methoxy groups -OCH3 is 1. The monoisotopic (exact) mass is 379 g/mol. The molecule has 28 heavy (non-hydrogen) atoms. The Labute approximate surface area is 160 Å². The van der Waals surface area contributed by atoms with Gasteiger partial charge in [-0.1, -0.05) is 42.5 Å². The van der Waals surface area contributed by atoms with Gasteiger partial charge in [0.2, 0.25) is 11.6 Å². The van der Waals surface area contributed by atoms with Gasteiger partial charge in [0.1, 0.15) is 5.39 Å². The van der Waals surface area contributed by atoms with Crippen molar-refractivity contribution in [2.45, 2.75) is 0 Å². The van der Waals surface area contributed by atoms with Crippen LogP contribution in [0.5, 0.6) is 0 Å². The lowest BCUT2D eigenvalue weighted by Gasteiger charge is -2.09. The minimum Gasteiger partial charge on any atom is -0.423 e. The first-order chi connectivity index (χ1) is 13.5. The van der Waals surface area contributed by atoms with Crippen LogP contribution in [0.4, 0.5) is 5.88 Å². The summed E-state index contributed by atoms with van der Waals surface area (Å²) in [6, 6.07) is 13.9. The van der Waals surface area contributed by atoms with Crippen molar-refractivity contribution in [3.05, 3.63) is 63.3 Å². The maximum absolute atomic E-state index is 13.0. The molecule has 0 aliphatic rings. The Morgan fingerprint density at radius 3 is 2.57 bits per heavy atom. The first-order valence-electron chi connectivity index (χ1n) is 8.98. The number of aryl methyl sites for hydroxylation is 1. The number of hydrogen-bond acceptors (Lipinski definition) is 5. The van der Waals surface area contributed by atoms with Crippen molar-refractivity contribution in [3.8, 4) is 11.1 Å². The Balaban J connectivity index is 2.12. The summed E-state index contributed by atoms with van der Waals surface area (Å²) < 4.78 is 13.6. The zero-order chi connectivity index (χ0) is 19.8. The van der Waals surface area contributed by atoms with Crippen LogP contribution < -0.4 is 16.6 Å². The summed E-state index contributed by atoms with van der Waals surface area (Å²) in [4.78, 5) is 25.4. The van der Waals surface area contributed by atoms with E-state index >= 15 is 0 Å². The van der Waals surface area contributed by atoms with Crippen LogP contribution >= 0.6 is 0 Å². The topological polar surface area (TPSA) is 78.4 Å². The number of ether oxygens (including phenoxy) is 1. The van der Waals surface area contributed by atoms with Crippen LogP contribution in [0.25, 0.3) is 33.0 Å². The number of nitrogens with zero attached hydrogens (tertiary/aromatic N) is 2. The summed E-state index contributed by atoms with van der Waals surface area (Å²) in [5.41, 5.74) is 0.950. The molecule has 0 aliphatic heterocycles. The Bertz CT molecular complexity index is 1290. The normalized spacial score (nSPS) is 11.4. The molecule has 2 aromatic heterocycles. The molecule has 0 amide bonds. The van der Waals surface area contributed by atoms with Crippen LogP contribution in [-0.2, 0) is 18.8 Å². The van der Waals surface area contributed by atoms with E-state index in [4.69, 9.17) is 9.15 Å². The summed E-state index contributed by atoms with van der Waals surface area (Å²) in [6.45, 7) is 0.977. The quantitative estimate of drug-likeness (QED) is 0.540. The average Bonchev–Trinajstić information content (AvgIpc) is 3.10. The number of furan rings is 1. The van der Waals surface area contributed by atoms with Gasteiger partial charge in [-0.15, -0.1) is 0 Å². The summed E-state index contributed by atoms with van der Waals surface area (Å²) in [5.74, 6) is 0.446. The second-order valence-electron chi connectivity index (χ2n) is 6.64. The fourth-order valence-corrected chi connectivity index (χ4v) is 3.51. The van der Waals surface area contributed by atoms with Crippen molar-refractivity contribution in [1.82, 2.24) is 9.13 Å². The van der Waals surface area contributed by atoms with E-state index in [2.05, 4.69) is 5.32 Å². The molecule has 0 fully saturated rings. The van der Waals surface area contributed by atoms with Crippen LogP contribution in [-0.4, -0.2) is 29.4 Å². The maximum Gasteiger partial charge on any atom is 0.333 e. The van der Waals surface area contributed by atoms with Crippen LogP contribution in [0.15, 0.2) is 56.5 Å². The van der Waals surface area contributed by atoms with E-state index in [1.54, 1.807) is 14.2 Å². The predicted molar refractivity (Wildman–Crippen MR) is 110 cm³/mol. The zero-order valence-corrected chi connectivity index (χ0v) is 16.0. The molecule has 0 aliphatic carbocycles. The molecular weight excluding hydrogens is 358 g/mol. The number of anilines is 1. The highest BCUT2D eigenvalue weighted by molar-refractivity contribution is 6.07. The highest BCUT2D eigenvalue weighted by atomic mass is 16.5. The number of fused-ring (bicyclic) bond motifs is 2. The van der Waals surface area contributed by atoms with E-state index in [-0.39, 0.29) is 11.3 Å². The third-order valence-corrected chi connectivity index (χ3v) is 4.94. The molecule has 4 rings (SSSR count). The van der Waals surface area contributed by atoms with Crippen LogP contribution in [0, 0.1) is 0 Å². The van der Waals surface area contributed by atoms with E-state index in [9.17, 15) is 9.59 Å². The van der Waals surface area contributed by atoms with Crippen molar-refractivity contribution in [2.24, 2.45) is 14.1 Å². The highest BCUT2D eigenvalue weighted by Gasteiger charge is 2.24. The van der Waals surface area contributed by atoms with E-state index in [1.165, 1.54) is 11.6 Å². The van der Waals surface area contributed by atoms with Gasteiger partial charge in [0.15, 0.2) is 0 Å². The van der Waals surface area contributed by atoms with Gasteiger partial charge in [0.05, 0.1) is 12.2 Å². The molecular formula is C21H21N3O4. The van der Waals surface area contributed by atoms with Crippen LogP contribution in [0.1, 0.15) is 0 Å². The van der Waals surface area contributed by atoms with Crippen molar-refractivity contribution < 1.29 is 9.15 Å². The second-order valence-corrected chi connectivity index (χ2v) is 6.64. The van der Waals surface area contributed by atoms with Crippen molar-refractivity contribution in [3.63, 3.8) is 0 Å². The average molecular weight is 379 g/mol. The number of nitrogens with one attached hydrogen (secondary N) is 1. The summed E-state index contributed by atoms with van der Waals surface area (Å²) in [5, 5.41) is 5.63. The molecule has 0 saturated carbocycles. The SMILES string of the molecule is COCCNc1oc2c(c1-c1cccc3ccccc13)c(=O)n(C)c(=O)n2C. The largest absolute Gasteiger partial charge is 0.423 e. The number of rotatable bonds is 5. The number of benzene rings is 2.